The quantitative estimate of drug-likeness (QED) is 0.773. The van der Waals surface area contributed by atoms with Crippen LogP contribution in [0.15, 0.2) is 28.9 Å². The van der Waals surface area contributed by atoms with Crippen LogP contribution in [0.4, 0.5) is 10.2 Å². The summed E-state index contributed by atoms with van der Waals surface area (Å²) < 4.78 is 19.8. The molecule has 7 heteroatoms. The average Bonchev–Trinajstić information content (AvgIpc) is 2.98. The van der Waals surface area contributed by atoms with Crippen LogP contribution in [0.25, 0.3) is 22.8 Å². The number of anilines is 1. The number of hydrogen-bond donors (Lipinski definition) is 1. The summed E-state index contributed by atoms with van der Waals surface area (Å²) in [6.45, 7) is 1.78. The first-order valence-corrected chi connectivity index (χ1v) is 5.94. The molecule has 20 heavy (non-hydrogen) atoms. The van der Waals surface area contributed by atoms with E-state index < -0.39 is 0 Å². The Morgan fingerprint density at radius 3 is 2.75 bits per heavy atom. The zero-order valence-corrected chi connectivity index (χ0v) is 11.0. The summed E-state index contributed by atoms with van der Waals surface area (Å²) in [5, 5.41) is 7.92. The van der Waals surface area contributed by atoms with Crippen molar-refractivity contribution in [1.29, 1.82) is 0 Å². The van der Waals surface area contributed by atoms with Crippen LogP contribution in [0.5, 0.6) is 0 Å². The number of nitrogen functional groups attached to an aromatic ring is 1. The third-order valence-corrected chi connectivity index (χ3v) is 3.07. The number of aryl methyl sites for hydroxylation is 2. The van der Waals surface area contributed by atoms with Gasteiger partial charge in [-0.15, -0.1) is 0 Å². The van der Waals surface area contributed by atoms with E-state index in [1.165, 1.54) is 16.8 Å². The summed E-state index contributed by atoms with van der Waals surface area (Å²) >= 11 is 0. The molecule has 0 aliphatic heterocycles. The molecule has 3 aromatic rings. The molecule has 2 N–H and O–H groups in total. The smallest absolute Gasteiger partial charge is 0.263 e. The summed E-state index contributed by atoms with van der Waals surface area (Å²) in [6.07, 6.45) is 1.56. The molecule has 0 unspecified atom stereocenters. The lowest BCUT2D eigenvalue weighted by molar-refractivity contribution is 0.432. The minimum atomic E-state index is -0.300. The van der Waals surface area contributed by atoms with Crippen LogP contribution in [-0.2, 0) is 7.05 Å². The maximum atomic E-state index is 13.1. The lowest BCUT2D eigenvalue weighted by Crippen LogP contribution is -1.98. The maximum Gasteiger partial charge on any atom is 0.263 e. The molecule has 1 aromatic carbocycles. The molecule has 0 amide bonds. The fourth-order valence-corrected chi connectivity index (χ4v) is 1.93. The predicted octanol–water partition coefficient (Wildman–Crippen LogP) is 2.17. The number of nitrogens with two attached hydrogens (primary N) is 1. The third kappa shape index (κ3) is 1.93. The standard InChI is InChI=1S/C13H12FN5O/c1-7-5-8(14)3-4-9(7)12-17-13(20-18-12)10-6-16-19(2)11(10)15/h3-6H,15H2,1-2H3. The Hall–Kier alpha value is -2.70. The Morgan fingerprint density at radius 2 is 2.10 bits per heavy atom. The van der Waals surface area contributed by atoms with Crippen molar-refractivity contribution in [3.05, 3.63) is 35.8 Å². The average molecular weight is 273 g/mol. The Kier molecular flexibility index (Phi) is 2.74. The molecule has 0 fully saturated rings. The molecule has 0 aliphatic carbocycles. The van der Waals surface area contributed by atoms with Crippen molar-refractivity contribution in [3.63, 3.8) is 0 Å². The summed E-state index contributed by atoms with van der Waals surface area (Å²) in [7, 11) is 1.72. The second-order valence-electron chi connectivity index (χ2n) is 4.45. The van der Waals surface area contributed by atoms with Gasteiger partial charge < -0.3 is 10.3 Å². The molecule has 2 heterocycles. The summed E-state index contributed by atoms with van der Waals surface area (Å²) in [5.41, 5.74) is 7.88. The Balaban J connectivity index is 2.04. The molecule has 0 atom stereocenters. The zero-order valence-electron chi connectivity index (χ0n) is 11.0. The van der Waals surface area contributed by atoms with Crippen LogP contribution < -0.4 is 5.73 Å². The number of aromatic nitrogens is 4. The van der Waals surface area contributed by atoms with Gasteiger partial charge in [-0.1, -0.05) is 5.16 Å². The second-order valence-corrected chi connectivity index (χ2v) is 4.45. The van der Waals surface area contributed by atoms with Gasteiger partial charge in [0.1, 0.15) is 17.2 Å². The Bertz CT molecular complexity index is 777. The van der Waals surface area contributed by atoms with Crippen molar-refractivity contribution in [2.75, 3.05) is 5.73 Å². The van der Waals surface area contributed by atoms with Gasteiger partial charge in [-0.25, -0.2) is 4.39 Å². The molecule has 0 saturated carbocycles. The van der Waals surface area contributed by atoms with Crippen molar-refractivity contribution in [3.8, 4) is 22.8 Å². The predicted molar refractivity (Wildman–Crippen MR) is 71.0 cm³/mol. The van der Waals surface area contributed by atoms with Crippen LogP contribution in [0, 0.1) is 12.7 Å². The fourth-order valence-electron chi connectivity index (χ4n) is 1.93. The SMILES string of the molecule is Cc1cc(F)ccc1-c1noc(-c2cnn(C)c2N)n1. The summed E-state index contributed by atoms with van der Waals surface area (Å²) in [5.74, 6) is 0.817. The highest BCUT2D eigenvalue weighted by atomic mass is 19.1. The van der Waals surface area contributed by atoms with Gasteiger partial charge in [-0.3, -0.25) is 4.68 Å². The van der Waals surface area contributed by atoms with Gasteiger partial charge in [0, 0.05) is 12.6 Å². The number of hydrogen-bond acceptors (Lipinski definition) is 5. The van der Waals surface area contributed by atoms with Crippen LogP contribution in [0.3, 0.4) is 0 Å². The second kappa shape index (κ2) is 4.44. The van der Waals surface area contributed by atoms with E-state index in [0.29, 0.717) is 22.8 Å². The van der Waals surface area contributed by atoms with Crippen molar-refractivity contribution in [2.45, 2.75) is 6.92 Å². The van der Waals surface area contributed by atoms with Crippen molar-refractivity contribution in [2.24, 2.45) is 7.05 Å². The number of halogens is 1. The van der Waals surface area contributed by atoms with Crippen molar-refractivity contribution < 1.29 is 8.91 Å². The molecule has 0 bridgehead atoms. The Morgan fingerprint density at radius 1 is 1.30 bits per heavy atom. The van der Waals surface area contributed by atoms with Gasteiger partial charge in [0.2, 0.25) is 5.82 Å². The van der Waals surface area contributed by atoms with Gasteiger partial charge in [0.15, 0.2) is 0 Å². The van der Waals surface area contributed by atoms with E-state index in [0.717, 1.165) is 5.56 Å². The van der Waals surface area contributed by atoms with E-state index in [1.807, 2.05) is 0 Å². The summed E-state index contributed by atoms with van der Waals surface area (Å²) in [6, 6.07) is 4.40. The topological polar surface area (TPSA) is 82.8 Å². The summed E-state index contributed by atoms with van der Waals surface area (Å²) in [4.78, 5) is 4.28. The highest BCUT2D eigenvalue weighted by molar-refractivity contribution is 5.68. The van der Waals surface area contributed by atoms with E-state index in [2.05, 4.69) is 15.2 Å². The first-order chi connectivity index (χ1) is 9.56. The van der Waals surface area contributed by atoms with Crippen LogP contribution in [-0.4, -0.2) is 19.9 Å². The van der Waals surface area contributed by atoms with E-state index >= 15 is 0 Å². The number of benzene rings is 1. The number of nitrogens with zero attached hydrogens (tertiary/aromatic N) is 4. The van der Waals surface area contributed by atoms with Gasteiger partial charge in [-0.2, -0.15) is 10.1 Å². The lowest BCUT2D eigenvalue weighted by atomic mass is 10.1. The molecular formula is C13H12FN5O. The van der Waals surface area contributed by atoms with Gasteiger partial charge in [0.05, 0.1) is 6.20 Å². The largest absolute Gasteiger partial charge is 0.383 e. The first kappa shape index (κ1) is 12.3. The Labute approximate surface area is 114 Å². The van der Waals surface area contributed by atoms with Gasteiger partial charge in [0.25, 0.3) is 5.89 Å². The third-order valence-electron chi connectivity index (χ3n) is 3.07. The molecule has 102 valence electrons. The molecule has 3 rings (SSSR count). The van der Waals surface area contributed by atoms with Gasteiger partial charge >= 0.3 is 0 Å². The number of rotatable bonds is 2. The van der Waals surface area contributed by atoms with E-state index in [-0.39, 0.29) is 11.7 Å². The van der Waals surface area contributed by atoms with Gasteiger partial charge in [-0.05, 0) is 30.7 Å². The normalized spacial score (nSPS) is 10.9. The van der Waals surface area contributed by atoms with Crippen molar-refractivity contribution in [1.82, 2.24) is 19.9 Å². The zero-order chi connectivity index (χ0) is 14.3. The monoisotopic (exact) mass is 273 g/mol. The van der Waals surface area contributed by atoms with Crippen LogP contribution in [0.1, 0.15) is 5.56 Å². The molecule has 2 aromatic heterocycles. The highest BCUT2D eigenvalue weighted by Gasteiger charge is 2.16. The van der Waals surface area contributed by atoms with E-state index in [9.17, 15) is 4.39 Å². The molecule has 0 saturated heterocycles. The minimum absolute atomic E-state index is 0.286. The fraction of sp³-hybridized carbons (Fsp3) is 0.154. The highest BCUT2D eigenvalue weighted by Crippen LogP contribution is 2.27. The molecule has 0 spiro atoms. The molecule has 0 aliphatic rings. The molecule has 0 radical (unpaired) electrons. The maximum absolute atomic E-state index is 13.1. The first-order valence-electron chi connectivity index (χ1n) is 5.94. The lowest BCUT2D eigenvalue weighted by Gasteiger charge is -1.99. The minimum Gasteiger partial charge on any atom is -0.383 e. The van der Waals surface area contributed by atoms with Crippen LogP contribution in [0.2, 0.25) is 0 Å². The molecule has 6 nitrogen and oxygen atoms in total. The van der Waals surface area contributed by atoms with Crippen molar-refractivity contribution >= 4 is 5.82 Å². The van der Waals surface area contributed by atoms with Crippen LogP contribution >= 0.6 is 0 Å². The molecular weight excluding hydrogens is 261 g/mol. The van der Waals surface area contributed by atoms with E-state index in [1.54, 1.807) is 26.2 Å². The van der Waals surface area contributed by atoms with E-state index in [4.69, 9.17) is 10.3 Å².